The van der Waals surface area contributed by atoms with Gasteiger partial charge in [-0.15, -0.1) is 0 Å². The van der Waals surface area contributed by atoms with Gasteiger partial charge in [0.05, 0.1) is 19.6 Å². The van der Waals surface area contributed by atoms with Crippen LogP contribution in [0.4, 0.5) is 0 Å². The average molecular weight is 238 g/mol. The van der Waals surface area contributed by atoms with Crippen LogP contribution in [-0.2, 0) is 6.42 Å². The average Bonchev–Trinajstić information content (AvgIpc) is 2.24. The van der Waals surface area contributed by atoms with Gasteiger partial charge < -0.3 is 4.74 Å². The van der Waals surface area contributed by atoms with E-state index in [1.807, 2.05) is 13.0 Å². The highest BCUT2D eigenvalue weighted by atomic mass is 35.5. The highest BCUT2D eigenvalue weighted by molar-refractivity contribution is 6.31. The standard InChI is InChI=1S/C13H16ClNO/c1-8(2)11-7-12(14)9(3)10(5-6-15)13(11)16-4/h7-8H,5H2,1-4H3. The lowest BCUT2D eigenvalue weighted by Crippen LogP contribution is -2.02. The van der Waals surface area contributed by atoms with Crippen LogP contribution in [0, 0.1) is 18.3 Å². The number of ether oxygens (including phenoxy) is 1. The van der Waals surface area contributed by atoms with Gasteiger partial charge in [-0.3, -0.25) is 0 Å². The summed E-state index contributed by atoms with van der Waals surface area (Å²) < 4.78 is 5.42. The maximum atomic E-state index is 8.84. The molecule has 0 heterocycles. The van der Waals surface area contributed by atoms with E-state index in [-0.39, 0.29) is 0 Å². The van der Waals surface area contributed by atoms with E-state index in [2.05, 4.69) is 19.9 Å². The van der Waals surface area contributed by atoms with Crippen LogP contribution in [0.3, 0.4) is 0 Å². The van der Waals surface area contributed by atoms with Crippen molar-refractivity contribution in [2.45, 2.75) is 33.1 Å². The summed E-state index contributed by atoms with van der Waals surface area (Å²) in [5.74, 6) is 1.13. The minimum Gasteiger partial charge on any atom is -0.496 e. The third-order valence-electron chi connectivity index (χ3n) is 2.71. The molecule has 3 heteroatoms. The number of methoxy groups -OCH3 is 1. The van der Waals surface area contributed by atoms with E-state index in [0.717, 1.165) is 22.4 Å². The lowest BCUT2D eigenvalue weighted by Gasteiger charge is -2.18. The van der Waals surface area contributed by atoms with Crippen LogP contribution in [-0.4, -0.2) is 7.11 Å². The predicted octanol–water partition coefficient (Wildman–Crippen LogP) is 3.85. The zero-order chi connectivity index (χ0) is 12.3. The Labute approximate surface area is 102 Å². The molecule has 0 saturated carbocycles. The lowest BCUT2D eigenvalue weighted by molar-refractivity contribution is 0.403. The van der Waals surface area contributed by atoms with Crippen molar-refractivity contribution >= 4 is 11.6 Å². The molecule has 0 fully saturated rings. The molecule has 0 spiro atoms. The molecule has 0 aromatic heterocycles. The zero-order valence-corrected chi connectivity index (χ0v) is 10.9. The number of rotatable bonds is 3. The Morgan fingerprint density at radius 1 is 1.50 bits per heavy atom. The van der Waals surface area contributed by atoms with E-state index in [1.165, 1.54) is 0 Å². The summed E-state index contributed by atoms with van der Waals surface area (Å²) in [5, 5.41) is 9.54. The summed E-state index contributed by atoms with van der Waals surface area (Å²) >= 11 is 6.16. The van der Waals surface area contributed by atoms with Crippen molar-refractivity contribution in [2.24, 2.45) is 0 Å². The second-order valence-electron chi connectivity index (χ2n) is 4.07. The molecule has 0 aliphatic rings. The molecule has 1 rings (SSSR count). The van der Waals surface area contributed by atoms with Crippen LogP contribution in [0.1, 0.15) is 36.5 Å². The molecule has 0 amide bonds. The van der Waals surface area contributed by atoms with Crippen molar-refractivity contribution in [1.82, 2.24) is 0 Å². The second kappa shape index (κ2) is 5.23. The van der Waals surface area contributed by atoms with Gasteiger partial charge in [0.15, 0.2) is 0 Å². The monoisotopic (exact) mass is 237 g/mol. The van der Waals surface area contributed by atoms with Crippen LogP contribution < -0.4 is 4.74 Å². The minimum absolute atomic E-state index is 0.325. The molecule has 2 nitrogen and oxygen atoms in total. The van der Waals surface area contributed by atoms with Gasteiger partial charge in [-0.1, -0.05) is 25.4 Å². The van der Waals surface area contributed by atoms with Crippen molar-refractivity contribution in [1.29, 1.82) is 5.26 Å². The number of nitriles is 1. The van der Waals surface area contributed by atoms with Crippen molar-refractivity contribution in [3.8, 4) is 11.8 Å². The number of halogens is 1. The van der Waals surface area contributed by atoms with Crippen LogP contribution in [0.25, 0.3) is 0 Å². The van der Waals surface area contributed by atoms with Crippen molar-refractivity contribution in [3.05, 3.63) is 27.8 Å². The van der Waals surface area contributed by atoms with E-state index in [0.29, 0.717) is 17.4 Å². The van der Waals surface area contributed by atoms with Gasteiger partial charge in [0.1, 0.15) is 5.75 Å². The van der Waals surface area contributed by atoms with E-state index >= 15 is 0 Å². The molecule has 0 bridgehead atoms. The fourth-order valence-corrected chi connectivity index (χ4v) is 1.99. The zero-order valence-electron chi connectivity index (χ0n) is 10.1. The van der Waals surface area contributed by atoms with Gasteiger partial charge in [0, 0.05) is 10.6 Å². The molecular formula is C13H16ClNO. The molecule has 1 aromatic carbocycles. The second-order valence-corrected chi connectivity index (χ2v) is 4.48. The highest BCUT2D eigenvalue weighted by Crippen LogP contribution is 2.36. The highest BCUT2D eigenvalue weighted by Gasteiger charge is 2.17. The summed E-state index contributed by atoms with van der Waals surface area (Å²) in [6, 6.07) is 4.09. The van der Waals surface area contributed by atoms with Gasteiger partial charge in [-0.25, -0.2) is 0 Å². The maximum absolute atomic E-state index is 8.84. The molecule has 86 valence electrons. The van der Waals surface area contributed by atoms with Crippen molar-refractivity contribution in [3.63, 3.8) is 0 Å². The molecular weight excluding hydrogens is 222 g/mol. The van der Waals surface area contributed by atoms with Crippen LogP contribution in [0.5, 0.6) is 5.75 Å². The van der Waals surface area contributed by atoms with Crippen molar-refractivity contribution in [2.75, 3.05) is 7.11 Å². The van der Waals surface area contributed by atoms with Gasteiger partial charge in [0.25, 0.3) is 0 Å². The summed E-state index contributed by atoms with van der Waals surface area (Å²) in [6.07, 6.45) is 0.329. The summed E-state index contributed by atoms with van der Waals surface area (Å²) in [4.78, 5) is 0. The molecule has 0 atom stereocenters. The summed E-state index contributed by atoms with van der Waals surface area (Å²) in [6.45, 7) is 6.08. The van der Waals surface area contributed by atoms with E-state index < -0.39 is 0 Å². The van der Waals surface area contributed by atoms with E-state index in [4.69, 9.17) is 21.6 Å². The molecule has 0 radical (unpaired) electrons. The van der Waals surface area contributed by atoms with Crippen molar-refractivity contribution < 1.29 is 4.74 Å². The minimum atomic E-state index is 0.325. The molecule has 1 aromatic rings. The van der Waals surface area contributed by atoms with Gasteiger partial charge in [-0.05, 0) is 30.0 Å². The van der Waals surface area contributed by atoms with Gasteiger partial charge in [0.2, 0.25) is 0 Å². The fourth-order valence-electron chi connectivity index (χ4n) is 1.76. The van der Waals surface area contributed by atoms with Crippen LogP contribution >= 0.6 is 11.6 Å². The van der Waals surface area contributed by atoms with Gasteiger partial charge in [-0.2, -0.15) is 5.26 Å². The Kier molecular flexibility index (Phi) is 4.20. The third kappa shape index (κ3) is 2.31. The first kappa shape index (κ1) is 12.9. The Bertz CT molecular complexity index is 433. The first-order chi connectivity index (χ1) is 7.52. The number of nitrogens with zero attached hydrogens (tertiary/aromatic N) is 1. The first-order valence-electron chi connectivity index (χ1n) is 5.25. The SMILES string of the molecule is COc1c(C(C)C)cc(Cl)c(C)c1CC#N. The van der Waals surface area contributed by atoms with Crippen LogP contribution in [0.2, 0.25) is 5.02 Å². The van der Waals surface area contributed by atoms with Gasteiger partial charge >= 0.3 is 0 Å². The predicted molar refractivity (Wildman–Crippen MR) is 66.1 cm³/mol. The quantitative estimate of drug-likeness (QED) is 0.800. The molecule has 0 N–H and O–H groups in total. The van der Waals surface area contributed by atoms with E-state index in [1.54, 1.807) is 7.11 Å². The Balaban J connectivity index is 3.49. The lowest BCUT2D eigenvalue weighted by atomic mass is 9.94. The van der Waals surface area contributed by atoms with Crippen LogP contribution in [0.15, 0.2) is 6.07 Å². The third-order valence-corrected chi connectivity index (χ3v) is 3.10. The Morgan fingerprint density at radius 2 is 2.12 bits per heavy atom. The number of hydrogen-bond donors (Lipinski definition) is 0. The molecule has 0 aliphatic heterocycles. The largest absolute Gasteiger partial charge is 0.496 e. The Morgan fingerprint density at radius 3 is 2.56 bits per heavy atom. The summed E-state index contributed by atoms with van der Waals surface area (Å²) in [5.41, 5.74) is 2.90. The molecule has 16 heavy (non-hydrogen) atoms. The topological polar surface area (TPSA) is 33.0 Å². The summed E-state index contributed by atoms with van der Waals surface area (Å²) in [7, 11) is 1.63. The molecule has 0 unspecified atom stereocenters. The first-order valence-corrected chi connectivity index (χ1v) is 5.63. The smallest absolute Gasteiger partial charge is 0.126 e. The number of hydrogen-bond acceptors (Lipinski definition) is 2. The maximum Gasteiger partial charge on any atom is 0.126 e. The Hall–Kier alpha value is -1.20. The van der Waals surface area contributed by atoms with E-state index in [9.17, 15) is 0 Å². The normalized spacial score (nSPS) is 10.3. The number of benzene rings is 1. The molecule has 0 aliphatic carbocycles. The molecule has 0 saturated heterocycles. The fraction of sp³-hybridized carbons (Fsp3) is 0.462.